The molecule has 8 heteroatoms. The summed E-state index contributed by atoms with van der Waals surface area (Å²) in [6, 6.07) is 15.6. The van der Waals surface area contributed by atoms with Crippen LogP contribution in [-0.4, -0.2) is 67.1 Å². The van der Waals surface area contributed by atoms with Crippen molar-refractivity contribution in [2.75, 3.05) is 26.2 Å². The normalized spacial score (nSPS) is 15.0. The molecule has 1 saturated heterocycles. The van der Waals surface area contributed by atoms with Gasteiger partial charge in [0.25, 0.3) is 0 Å². The number of amides is 1. The van der Waals surface area contributed by atoms with Gasteiger partial charge in [0.2, 0.25) is 11.7 Å². The predicted molar refractivity (Wildman–Crippen MR) is 99.3 cm³/mol. The Labute approximate surface area is 157 Å². The topological polar surface area (TPSA) is 80.0 Å². The number of nitrogens with zero attached hydrogens (tertiary/aromatic N) is 7. The third-order valence-corrected chi connectivity index (χ3v) is 4.60. The van der Waals surface area contributed by atoms with Gasteiger partial charge in [0.15, 0.2) is 0 Å². The van der Waals surface area contributed by atoms with Gasteiger partial charge < -0.3 is 4.90 Å². The van der Waals surface area contributed by atoms with Crippen LogP contribution in [0.5, 0.6) is 0 Å². The van der Waals surface area contributed by atoms with Crippen LogP contribution in [0.25, 0.3) is 11.4 Å². The average Bonchev–Trinajstić information content (AvgIpc) is 3.18. The van der Waals surface area contributed by atoms with E-state index in [1.165, 1.54) is 4.80 Å². The molecule has 138 valence electrons. The highest BCUT2D eigenvalue weighted by Gasteiger charge is 2.22. The third kappa shape index (κ3) is 4.35. The molecule has 1 aromatic carbocycles. The maximum Gasteiger partial charge on any atom is 0.246 e. The van der Waals surface area contributed by atoms with E-state index >= 15 is 0 Å². The van der Waals surface area contributed by atoms with E-state index in [1.54, 1.807) is 0 Å². The molecule has 4 rings (SSSR count). The molecule has 8 nitrogen and oxygen atoms in total. The van der Waals surface area contributed by atoms with E-state index in [0.29, 0.717) is 18.9 Å². The zero-order valence-corrected chi connectivity index (χ0v) is 15.0. The predicted octanol–water partition coefficient (Wildman–Crippen LogP) is 1.08. The molecule has 2 aromatic heterocycles. The van der Waals surface area contributed by atoms with E-state index in [-0.39, 0.29) is 12.5 Å². The lowest BCUT2D eigenvalue weighted by molar-refractivity contribution is -0.134. The van der Waals surface area contributed by atoms with Crippen LogP contribution in [0.1, 0.15) is 5.69 Å². The molecular formula is C19H21N7O. The molecule has 0 N–H and O–H groups in total. The number of piperazine rings is 1. The first-order chi connectivity index (χ1) is 13.3. The largest absolute Gasteiger partial charge is 0.338 e. The van der Waals surface area contributed by atoms with Gasteiger partial charge in [0, 0.05) is 44.5 Å². The van der Waals surface area contributed by atoms with Gasteiger partial charge in [-0.05, 0) is 17.3 Å². The van der Waals surface area contributed by atoms with Crippen molar-refractivity contribution in [1.82, 2.24) is 35.0 Å². The lowest BCUT2D eigenvalue weighted by atomic mass is 10.2. The minimum absolute atomic E-state index is 0.0181. The Balaban J connectivity index is 1.29. The maximum atomic E-state index is 12.5. The lowest BCUT2D eigenvalue weighted by Crippen LogP contribution is -2.49. The zero-order valence-electron chi connectivity index (χ0n) is 15.0. The summed E-state index contributed by atoms with van der Waals surface area (Å²) in [7, 11) is 0. The van der Waals surface area contributed by atoms with E-state index in [9.17, 15) is 4.79 Å². The molecule has 3 aromatic rings. The molecule has 1 fully saturated rings. The number of benzene rings is 1. The van der Waals surface area contributed by atoms with E-state index in [1.807, 2.05) is 59.6 Å². The lowest BCUT2D eigenvalue weighted by Gasteiger charge is -2.34. The molecule has 0 aliphatic carbocycles. The van der Waals surface area contributed by atoms with Crippen LogP contribution in [0.3, 0.4) is 0 Å². The minimum Gasteiger partial charge on any atom is -0.338 e. The fourth-order valence-electron chi connectivity index (χ4n) is 3.11. The Bertz CT molecular complexity index is 873. The standard InChI is InChI=1S/C19H21N7O/c27-18(15-26-22-19(21-23-26)16-6-2-1-3-7-16)25-12-10-24(11-13-25)14-17-8-4-5-9-20-17/h1-9H,10-15H2. The molecule has 3 heterocycles. The summed E-state index contributed by atoms with van der Waals surface area (Å²) in [4.78, 5) is 22.4. The van der Waals surface area contributed by atoms with Crippen molar-refractivity contribution in [3.05, 3.63) is 60.4 Å². The van der Waals surface area contributed by atoms with Gasteiger partial charge in [-0.3, -0.25) is 14.7 Å². The molecule has 1 amide bonds. The summed E-state index contributed by atoms with van der Waals surface area (Å²) in [6.45, 7) is 4.00. The average molecular weight is 363 g/mol. The number of rotatable bonds is 5. The highest BCUT2D eigenvalue weighted by molar-refractivity contribution is 5.76. The van der Waals surface area contributed by atoms with Crippen LogP contribution in [0.2, 0.25) is 0 Å². The van der Waals surface area contributed by atoms with Crippen molar-refractivity contribution in [1.29, 1.82) is 0 Å². The monoisotopic (exact) mass is 363 g/mol. The second-order valence-electron chi connectivity index (χ2n) is 6.49. The Kier molecular flexibility index (Phi) is 5.15. The molecule has 0 bridgehead atoms. The molecule has 0 spiro atoms. The second-order valence-corrected chi connectivity index (χ2v) is 6.49. The Morgan fingerprint density at radius 1 is 0.963 bits per heavy atom. The number of carbonyl (C=O) groups excluding carboxylic acids is 1. The number of tetrazole rings is 1. The molecular weight excluding hydrogens is 342 g/mol. The van der Waals surface area contributed by atoms with E-state index in [0.717, 1.165) is 30.9 Å². The van der Waals surface area contributed by atoms with Crippen LogP contribution in [0.4, 0.5) is 0 Å². The zero-order chi connectivity index (χ0) is 18.5. The molecule has 0 atom stereocenters. The molecule has 0 saturated carbocycles. The number of pyridine rings is 1. The molecule has 1 aliphatic heterocycles. The summed E-state index contributed by atoms with van der Waals surface area (Å²) < 4.78 is 0. The first-order valence-corrected chi connectivity index (χ1v) is 9.01. The van der Waals surface area contributed by atoms with Crippen LogP contribution in [-0.2, 0) is 17.9 Å². The first-order valence-electron chi connectivity index (χ1n) is 9.01. The van der Waals surface area contributed by atoms with Crippen LogP contribution >= 0.6 is 0 Å². The van der Waals surface area contributed by atoms with Crippen LogP contribution in [0.15, 0.2) is 54.7 Å². The summed E-state index contributed by atoms with van der Waals surface area (Å²) >= 11 is 0. The van der Waals surface area contributed by atoms with Gasteiger partial charge in [-0.15, -0.1) is 10.2 Å². The Morgan fingerprint density at radius 3 is 2.48 bits per heavy atom. The van der Waals surface area contributed by atoms with Gasteiger partial charge in [-0.1, -0.05) is 36.4 Å². The Hall–Kier alpha value is -3.13. The van der Waals surface area contributed by atoms with Crippen LogP contribution in [0, 0.1) is 0 Å². The van der Waals surface area contributed by atoms with Gasteiger partial charge >= 0.3 is 0 Å². The van der Waals surface area contributed by atoms with E-state index < -0.39 is 0 Å². The smallest absolute Gasteiger partial charge is 0.246 e. The summed E-state index contributed by atoms with van der Waals surface area (Å²) in [5.41, 5.74) is 1.94. The van der Waals surface area contributed by atoms with E-state index in [2.05, 4.69) is 25.3 Å². The van der Waals surface area contributed by atoms with Gasteiger partial charge in [0.1, 0.15) is 6.54 Å². The minimum atomic E-state index is 0.0181. The van der Waals surface area contributed by atoms with Crippen molar-refractivity contribution in [3.8, 4) is 11.4 Å². The van der Waals surface area contributed by atoms with Crippen molar-refractivity contribution < 1.29 is 4.79 Å². The second kappa shape index (κ2) is 8.05. The number of hydrogen-bond donors (Lipinski definition) is 0. The third-order valence-electron chi connectivity index (χ3n) is 4.60. The molecule has 0 unspecified atom stereocenters. The molecule has 0 radical (unpaired) electrons. The highest BCUT2D eigenvalue weighted by atomic mass is 16.2. The fraction of sp³-hybridized carbons (Fsp3) is 0.316. The quantitative estimate of drug-likeness (QED) is 0.675. The SMILES string of the molecule is O=C(Cn1nnc(-c2ccccc2)n1)N1CCN(Cc2ccccn2)CC1. The number of hydrogen-bond acceptors (Lipinski definition) is 6. The van der Waals surface area contributed by atoms with Crippen molar-refractivity contribution in [3.63, 3.8) is 0 Å². The maximum absolute atomic E-state index is 12.5. The first kappa shape index (κ1) is 17.3. The molecule has 1 aliphatic rings. The summed E-state index contributed by atoms with van der Waals surface area (Å²) in [5, 5.41) is 12.4. The van der Waals surface area contributed by atoms with Gasteiger partial charge in [-0.25, -0.2) is 0 Å². The van der Waals surface area contributed by atoms with Gasteiger partial charge in [-0.2, -0.15) is 4.80 Å². The Morgan fingerprint density at radius 2 is 1.74 bits per heavy atom. The summed E-state index contributed by atoms with van der Waals surface area (Å²) in [6.07, 6.45) is 1.81. The van der Waals surface area contributed by atoms with Gasteiger partial charge in [0.05, 0.1) is 5.69 Å². The van der Waals surface area contributed by atoms with Crippen molar-refractivity contribution >= 4 is 5.91 Å². The van der Waals surface area contributed by atoms with E-state index in [4.69, 9.17) is 0 Å². The van der Waals surface area contributed by atoms with Crippen LogP contribution < -0.4 is 0 Å². The summed E-state index contributed by atoms with van der Waals surface area (Å²) in [5.74, 6) is 0.549. The molecule has 27 heavy (non-hydrogen) atoms. The fourth-order valence-corrected chi connectivity index (χ4v) is 3.11. The highest BCUT2D eigenvalue weighted by Crippen LogP contribution is 2.12. The van der Waals surface area contributed by atoms with Crippen molar-refractivity contribution in [2.24, 2.45) is 0 Å². The number of carbonyl (C=O) groups is 1. The van der Waals surface area contributed by atoms with Crippen molar-refractivity contribution in [2.45, 2.75) is 13.1 Å². The number of aromatic nitrogens is 5.